The third kappa shape index (κ3) is 2.82. The molecule has 0 aromatic heterocycles. The summed E-state index contributed by atoms with van der Waals surface area (Å²) < 4.78 is 14.0. The molecule has 0 fully saturated rings. The van der Waals surface area contributed by atoms with Gasteiger partial charge in [0.2, 0.25) is 5.91 Å². The Morgan fingerprint density at radius 2 is 2.09 bits per heavy atom. The zero-order valence-electron chi connectivity index (χ0n) is 12.6. The van der Waals surface area contributed by atoms with Crippen molar-refractivity contribution >= 4 is 11.6 Å². The van der Waals surface area contributed by atoms with Gasteiger partial charge >= 0.3 is 0 Å². The molecule has 1 aliphatic rings. The maximum absolute atomic E-state index is 14.0. The first kappa shape index (κ1) is 14.6. The van der Waals surface area contributed by atoms with E-state index in [1.165, 1.54) is 6.07 Å². The van der Waals surface area contributed by atoms with Crippen molar-refractivity contribution in [2.24, 2.45) is 11.7 Å². The Labute approximate surface area is 129 Å². The number of benzene rings is 2. The van der Waals surface area contributed by atoms with Crippen LogP contribution in [0.4, 0.5) is 10.1 Å². The number of hydrogen-bond donors (Lipinski definition) is 1. The molecule has 114 valence electrons. The Bertz CT molecular complexity index is 714. The van der Waals surface area contributed by atoms with Gasteiger partial charge in [0.25, 0.3) is 0 Å². The molecule has 0 saturated carbocycles. The summed E-state index contributed by atoms with van der Waals surface area (Å²) in [5.41, 5.74) is 9.30. The second-order valence-electron chi connectivity index (χ2n) is 5.91. The van der Waals surface area contributed by atoms with Crippen LogP contribution in [0.1, 0.15) is 16.7 Å². The Hall–Kier alpha value is -2.36. The summed E-state index contributed by atoms with van der Waals surface area (Å²) in [5.74, 6) is -0.753. The summed E-state index contributed by atoms with van der Waals surface area (Å²) in [7, 11) is 0. The fraction of sp³-hybridized carbons (Fsp3) is 0.278. The van der Waals surface area contributed by atoms with Crippen LogP contribution in [0.3, 0.4) is 0 Å². The van der Waals surface area contributed by atoms with Crippen molar-refractivity contribution < 1.29 is 9.18 Å². The minimum atomic E-state index is -0.302. The lowest BCUT2D eigenvalue weighted by molar-refractivity contribution is -0.121. The van der Waals surface area contributed by atoms with Gasteiger partial charge in [0.15, 0.2) is 0 Å². The average Bonchev–Trinajstić information content (AvgIpc) is 2.50. The molecule has 2 aromatic rings. The molecule has 1 amide bonds. The molecule has 2 aromatic carbocycles. The van der Waals surface area contributed by atoms with Crippen molar-refractivity contribution in [3.63, 3.8) is 0 Å². The van der Waals surface area contributed by atoms with Gasteiger partial charge in [-0.1, -0.05) is 35.9 Å². The van der Waals surface area contributed by atoms with Crippen LogP contribution in [0.15, 0.2) is 42.5 Å². The highest BCUT2D eigenvalue weighted by molar-refractivity contribution is 5.79. The SMILES string of the molecule is Cc1ccc(F)c(CN2CC(C(N)=O)Cc3ccccc32)c1. The van der Waals surface area contributed by atoms with Gasteiger partial charge in [0, 0.05) is 24.3 Å². The van der Waals surface area contributed by atoms with Crippen LogP contribution in [-0.4, -0.2) is 12.5 Å². The first-order chi connectivity index (χ1) is 10.5. The quantitative estimate of drug-likeness (QED) is 0.947. The number of aryl methyl sites for hydroxylation is 1. The molecule has 2 N–H and O–H groups in total. The van der Waals surface area contributed by atoms with E-state index in [1.54, 1.807) is 6.07 Å². The van der Waals surface area contributed by atoms with Crippen molar-refractivity contribution in [2.75, 3.05) is 11.4 Å². The number of nitrogens with two attached hydrogens (primary N) is 1. The first-order valence-corrected chi connectivity index (χ1v) is 7.42. The summed E-state index contributed by atoms with van der Waals surface area (Å²) in [5, 5.41) is 0. The molecule has 1 unspecified atom stereocenters. The van der Waals surface area contributed by atoms with E-state index in [-0.39, 0.29) is 17.6 Å². The highest BCUT2D eigenvalue weighted by Crippen LogP contribution is 2.31. The lowest BCUT2D eigenvalue weighted by Crippen LogP contribution is -2.41. The van der Waals surface area contributed by atoms with Gasteiger partial charge in [-0.3, -0.25) is 4.79 Å². The van der Waals surface area contributed by atoms with Gasteiger partial charge in [-0.25, -0.2) is 4.39 Å². The normalized spacial score (nSPS) is 17.2. The Balaban J connectivity index is 1.95. The number of fused-ring (bicyclic) bond motifs is 1. The summed E-state index contributed by atoms with van der Waals surface area (Å²) in [6, 6.07) is 13.0. The van der Waals surface area contributed by atoms with Gasteiger partial charge in [-0.05, 0) is 31.0 Å². The largest absolute Gasteiger partial charge is 0.369 e. The van der Waals surface area contributed by atoms with Gasteiger partial charge in [-0.15, -0.1) is 0 Å². The van der Waals surface area contributed by atoms with E-state index in [0.717, 1.165) is 16.8 Å². The number of hydrogen-bond acceptors (Lipinski definition) is 2. The summed E-state index contributed by atoms with van der Waals surface area (Å²) in [4.78, 5) is 13.7. The van der Waals surface area contributed by atoms with Gasteiger partial charge in [0.05, 0.1) is 5.92 Å². The van der Waals surface area contributed by atoms with Crippen molar-refractivity contribution in [1.82, 2.24) is 0 Å². The molecule has 0 aliphatic carbocycles. The van der Waals surface area contributed by atoms with Crippen LogP contribution in [0.2, 0.25) is 0 Å². The molecule has 1 heterocycles. The highest BCUT2D eigenvalue weighted by Gasteiger charge is 2.28. The van der Waals surface area contributed by atoms with E-state index in [1.807, 2.05) is 42.2 Å². The zero-order valence-corrected chi connectivity index (χ0v) is 12.6. The number of anilines is 1. The number of rotatable bonds is 3. The van der Waals surface area contributed by atoms with Crippen LogP contribution in [0.25, 0.3) is 0 Å². The van der Waals surface area contributed by atoms with Crippen LogP contribution in [0.5, 0.6) is 0 Å². The summed E-state index contributed by atoms with van der Waals surface area (Å²) in [6.07, 6.45) is 0.651. The first-order valence-electron chi connectivity index (χ1n) is 7.42. The molecular weight excluding hydrogens is 279 g/mol. The molecule has 3 rings (SSSR count). The van der Waals surface area contributed by atoms with E-state index in [9.17, 15) is 9.18 Å². The standard InChI is InChI=1S/C18H19FN2O/c1-12-6-7-16(19)14(8-12)10-21-11-15(18(20)22)9-13-4-2-3-5-17(13)21/h2-8,15H,9-11H2,1H3,(H2,20,22). The van der Waals surface area contributed by atoms with E-state index < -0.39 is 0 Å². The van der Waals surface area contributed by atoms with Gasteiger partial charge < -0.3 is 10.6 Å². The van der Waals surface area contributed by atoms with E-state index >= 15 is 0 Å². The van der Waals surface area contributed by atoms with Gasteiger partial charge in [-0.2, -0.15) is 0 Å². The number of nitrogens with zero attached hydrogens (tertiary/aromatic N) is 1. The van der Waals surface area contributed by atoms with Crippen LogP contribution < -0.4 is 10.6 Å². The smallest absolute Gasteiger partial charge is 0.222 e. The van der Waals surface area contributed by atoms with Crippen molar-refractivity contribution in [3.05, 3.63) is 65.0 Å². The fourth-order valence-electron chi connectivity index (χ4n) is 3.06. The molecule has 3 nitrogen and oxygen atoms in total. The van der Waals surface area contributed by atoms with Gasteiger partial charge in [0.1, 0.15) is 5.82 Å². The average molecular weight is 298 g/mol. The number of halogens is 1. The minimum absolute atomic E-state index is 0.218. The Morgan fingerprint density at radius 3 is 2.86 bits per heavy atom. The summed E-state index contributed by atoms with van der Waals surface area (Å²) in [6.45, 7) is 2.91. The predicted octanol–water partition coefficient (Wildman–Crippen LogP) is 2.80. The van der Waals surface area contributed by atoms with Crippen molar-refractivity contribution in [3.8, 4) is 0 Å². The van der Waals surface area contributed by atoms with E-state index in [2.05, 4.69) is 0 Å². The fourth-order valence-corrected chi connectivity index (χ4v) is 3.06. The Morgan fingerprint density at radius 1 is 1.32 bits per heavy atom. The number of primary amides is 1. The lowest BCUT2D eigenvalue weighted by Gasteiger charge is -2.35. The topological polar surface area (TPSA) is 46.3 Å². The third-order valence-electron chi connectivity index (χ3n) is 4.20. The molecule has 1 aliphatic heterocycles. The number of carbonyl (C=O) groups excluding carboxylic acids is 1. The molecule has 22 heavy (non-hydrogen) atoms. The van der Waals surface area contributed by atoms with Crippen LogP contribution in [-0.2, 0) is 17.8 Å². The molecule has 0 radical (unpaired) electrons. The number of para-hydroxylation sites is 1. The molecule has 0 spiro atoms. The van der Waals surface area contributed by atoms with Crippen LogP contribution in [0, 0.1) is 18.7 Å². The summed E-state index contributed by atoms with van der Waals surface area (Å²) >= 11 is 0. The lowest BCUT2D eigenvalue weighted by atomic mass is 9.91. The number of amides is 1. The molecular formula is C18H19FN2O. The maximum atomic E-state index is 14.0. The predicted molar refractivity (Wildman–Crippen MR) is 85.0 cm³/mol. The second-order valence-corrected chi connectivity index (χ2v) is 5.91. The highest BCUT2D eigenvalue weighted by atomic mass is 19.1. The zero-order chi connectivity index (χ0) is 15.7. The van der Waals surface area contributed by atoms with Crippen molar-refractivity contribution in [2.45, 2.75) is 19.9 Å². The van der Waals surface area contributed by atoms with Crippen molar-refractivity contribution in [1.29, 1.82) is 0 Å². The van der Waals surface area contributed by atoms with E-state index in [0.29, 0.717) is 25.1 Å². The molecule has 0 bridgehead atoms. The molecule has 1 atom stereocenters. The maximum Gasteiger partial charge on any atom is 0.222 e. The minimum Gasteiger partial charge on any atom is -0.369 e. The third-order valence-corrected chi connectivity index (χ3v) is 4.20. The second kappa shape index (κ2) is 5.79. The van der Waals surface area contributed by atoms with E-state index in [4.69, 9.17) is 5.73 Å². The molecule has 4 heteroatoms. The molecule has 0 saturated heterocycles. The van der Waals surface area contributed by atoms with Crippen LogP contribution >= 0.6 is 0 Å². The Kier molecular flexibility index (Phi) is 3.84. The monoisotopic (exact) mass is 298 g/mol. The number of carbonyl (C=O) groups is 1.